The monoisotopic (exact) mass is 614 g/mol. The summed E-state index contributed by atoms with van der Waals surface area (Å²) in [5.74, 6) is 0. The van der Waals surface area contributed by atoms with Crippen LogP contribution in [0.4, 0.5) is 0 Å². The minimum absolute atomic E-state index is 0.100. The molecule has 1 aliphatic rings. The highest BCUT2D eigenvalue weighted by molar-refractivity contribution is 6.10. The molecule has 0 spiro atoms. The molecule has 9 rings (SSSR count). The van der Waals surface area contributed by atoms with Crippen LogP contribution in [0, 0.1) is 22.7 Å². The molecule has 0 radical (unpaired) electrons. The van der Waals surface area contributed by atoms with Gasteiger partial charge in [-0.05, 0) is 94.9 Å². The van der Waals surface area contributed by atoms with Gasteiger partial charge in [-0.15, -0.1) is 0 Å². The molecule has 0 amide bonds. The van der Waals surface area contributed by atoms with E-state index < -0.39 is 0 Å². The van der Waals surface area contributed by atoms with Gasteiger partial charge in [0.25, 0.3) is 0 Å². The van der Waals surface area contributed by atoms with E-state index in [9.17, 15) is 10.5 Å². The highest BCUT2D eigenvalue weighted by Gasteiger charge is 2.23. The number of hydrogen-bond acceptors (Lipinski definition) is 2. The number of rotatable bonds is 4. The summed E-state index contributed by atoms with van der Waals surface area (Å²) in [5, 5.41) is 27.6. The van der Waals surface area contributed by atoms with Crippen molar-refractivity contribution in [3.8, 4) is 23.5 Å². The quantitative estimate of drug-likeness (QED) is 0.185. The molecule has 226 valence electrons. The molecule has 6 aromatic carbocycles. The lowest BCUT2D eigenvalue weighted by atomic mass is 9.93. The highest BCUT2D eigenvalue weighted by Crippen LogP contribution is 2.39. The lowest BCUT2D eigenvalue weighted by Crippen LogP contribution is -2.07. The summed E-state index contributed by atoms with van der Waals surface area (Å²) in [4.78, 5) is 0. The Bertz CT molecular complexity index is 2650. The fourth-order valence-corrected chi connectivity index (χ4v) is 7.89. The minimum atomic E-state index is 0.100. The molecule has 0 atom stereocenters. The van der Waals surface area contributed by atoms with Crippen LogP contribution >= 0.6 is 0 Å². The highest BCUT2D eigenvalue weighted by atomic mass is 15.0. The molecular weight excluding hydrogens is 585 g/mol. The Kier molecular flexibility index (Phi) is 6.49. The van der Waals surface area contributed by atoms with Gasteiger partial charge in [0.15, 0.2) is 0 Å². The Balaban J connectivity index is 1.13. The second-order valence-corrected chi connectivity index (χ2v) is 12.6. The van der Waals surface area contributed by atoms with Crippen LogP contribution in [0.2, 0.25) is 0 Å². The van der Waals surface area contributed by atoms with Gasteiger partial charge in [-0.25, -0.2) is 0 Å². The van der Waals surface area contributed by atoms with Crippen LogP contribution in [-0.4, -0.2) is 9.13 Å². The van der Waals surface area contributed by atoms with Crippen molar-refractivity contribution in [2.45, 2.75) is 25.7 Å². The minimum Gasteiger partial charge on any atom is -0.316 e. The summed E-state index contributed by atoms with van der Waals surface area (Å²) in [6.07, 6.45) is 6.64. The van der Waals surface area contributed by atoms with Crippen LogP contribution in [0.3, 0.4) is 0 Å². The topological polar surface area (TPSA) is 57.4 Å². The second-order valence-electron chi connectivity index (χ2n) is 12.6. The Hall–Kier alpha value is -6.36. The smallest absolute Gasteiger partial charge is 0.138 e. The molecule has 0 bridgehead atoms. The van der Waals surface area contributed by atoms with E-state index in [1.807, 2.05) is 12.1 Å². The standard InChI is InChI=1S/C44H30N4/c45-27-34(28-46)42(31-15-20-35(21-16-31)47-26-25-33-14-13-30-8-2-4-10-38(30)44(33)47)32-17-22-36(23-18-32)48-40-12-6-5-11-39(40)43-37-9-3-1-7-29(37)19-24-41(43)48/h1-4,7-10,13-26H,5-6,11-12H2. The number of hydrogen-bond donors (Lipinski definition) is 0. The molecule has 0 aliphatic heterocycles. The van der Waals surface area contributed by atoms with Gasteiger partial charge in [0.2, 0.25) is 0 Å². The maximum atomic E-state index is 10.0. The largest absolute Gasteiger partial charge is 0.316 e. The third-order valence-corrected chi connectivity index (χ3v) is 10.1. The van der Waals surface area contributed by atoms with Crippen LogP contribution in [-0.2, 0) is 12.8 Å². The fourth-order valence-electron chi connectivity index (χ4n) is 7.89. The molecule has 2 heterocycles. The van der Waals surface area contributed by atoms with E-state index in [0.717, 1.165) is 40.9 Å². The molecule has 0 unspecified atom stereocenters. The SMILES string of the molecule is N#CC(C#N)=C(c1ccc(-n2ccc3ccc4ccccc4c32)cc1)c1ccc(-n2c3c(c4c5ccccc5ccc42)CCCC3)cc1. The zero-order chi connectivity index (χ0) is 32.2. The zero-order valence-electron chi connectivity index (χ0n) is 26.3. The number of allylic oxidation sites excluding steroid dienone is 1. The number of benzene rings is 6. The van der Waals surface area contributed by atoms with Gasteiger partial charge in [0.1, 0.15) is 17.7 Å². The van der Waals surface area contributed by atoms with Crippen LogP contribution in [0.25, 0.3) is 60.3 Å². The third-order valence-electron chi connectivity index (χ3n) is 10.1. The third kappa shape index (κ3) is 4.28. The Labute approximate surface area is 278 Å². The maximum absolute atomic E-state index is 10.0. The average molecular weight is 615 g/mol. The number of aromatic nitrogens is 2. The Morgan fingerprint density at radius 2 is 1.17 bits per heavy atom. The van der Waals surface area contributed by atoms with Crippen LogP contribution < -0.4 is 0 Å². The van der Waals surface area contributed by atoms with Crippen LogP contribution in [0.1, 0.15) is 35.2 Å². The van der Waals surface area contributed by atoms with Crippen molar-refractivity contribution in [2.24, 2.45) is 0 Å². The molecule has 48 heavy (non-hydrogen) atoms. The van der Waals surface area contributed by atoms with Crippen molar-refractivity contribution in [1.29, 1.82) is 10.5 Å². The summed E-state index contributed by atoms with van der Waals surface area (Å²) >= 11 is 0. The van der Waals surface area contributed by atoms with Crippen molar-refractivity contribution in [3.63, 3.8) is 0 Å². The summed E-state index contributed by atoms with van der Waals surface area (Å²) in [6.45, 7) is 0. The number of fused-ring (bicyclic) bond motifs is 8. The Morgan fingerprint density at radius 3 is 1.90 bits per heavy atom. The lowest BCUT2D eigenvalue weighted by molar-refractivity contribution is 0.667. The number of aryl methyl sites for hydroxylation is 1. The average Bonchev–Trinajstić information content (AvgIpc) is 3.74. The maximum Gasteiger partial charge on any atom is 0.138 e. The van der Waals surface area contributed by atoms with E-state index in [1.54, 1.807) is 0 Å². The first-order chi connectivity index (χ1) is 23.7. The van der Waals surface area contributed by atoms with Gasteiger partial charge in [-0.1, -0.05) is 91.0 Å². The van der Waals surface area contributed by atoms with E-state index in [1.165, 1.54) is 61.9 Å². The van der Waals surface area contributed by atoms with Crippen molar-refractivity contribution in [3.05, 3.63) is 162 Å². The van der Waals surface area contributed by atoms with E-state index in [2.05, 4.69) is 143 Å². The molecule has 4 heteroatoms. The number of nitrogens with zero attached hydrogens (tertiary/aromatic N) is 4. The van der Waals surface area contributed by atoms with Gasteiger partial charge in [0, 0.05) is 45.0 Å². The molecule has 0 fully saturated rings. The molecule has 0 N–H and O–H groups in total. The van der Waals surface area contributed by atoms with Crippen LogP contribution in [0.15, 0.2) is 139 Å². The van der Waals surface area contributed by atoms with Gasteiger partial charge < -0.3 is 9.13 Å². The van der Waals surface area contributed by atoms with E-state index >= 15 is 0 Å². The summed E-state index contributed by atoms with van der Waals surface area (Å²) < 4.78 is 4.64. The molecule has 4 nitrogen and oxygen atoms in total. The predicted molar refractivity (Wildman–Crippen MR) is 195 cm³/mol. The lowest BCUT2D eigenvalue weighted by Gasteiger charge is -2.17. The summed E-state index contributed by atoms with van der Waals surface area (Å²) in [7, 11) is 0. The summed E-state index contributed by atoms with van der Waals surface area (Å²) in [6, 6.07) is 49.0. The first kappa shape index (κ1) is 27.9. The summed E-state index contributed by atoms with van der Waals surface area (Å²) in [5.41, 5.74) is 9.80. The van der Waals surface area contributed by atoms with Crippen LogP contribution in [0.5, 0.6) is 0 Å². The van der Waals surface area contributed by atoms with Crippen molar-refractivity contribution in [2.75, 3.05) is 0 Å². The van der Waals surface area contributed by atoms with Gasteiger partial charge in [-0.2, -0.15) is 10.5 Å². The molecule has 2 aromatic heterocycles. The second kappa shape index (κ2) is 11.2. The van der Waals surface area contributed by atoms with Crippen molar-refractivity contribution >= 4 is 48.9 Å². The first-order valence-electron chi connectivity index (χ1n) is 16.5. The van der Waals surface area contributed by atoms with E-state index in [4.69, 9.17) is 0 Å². The van der Waals surface area contributed by atoms with Crippen molar-refractivity contribution in [1.82, 2.24) is 9.13 Å². The fraction of sp³-hybridized carbons (Fsp3) is 0.0909. The van der Waals surface area contributed by atoms with E-state index in [0.29, 0.717) is 5.57 Å². The van der Waals surface area contributed by atoms with Crippen molar-refractivity contribution < 1.29 is 0 Å². The first-order valence-corrected chi connectivity index (χ1v) is 16.5. The molecular formula is C44H30N4. The Morgan fingerprint density at radius 1 is 0.562 bits per heavy atom. The molecule has 0 saturated carbocycles. The molecule has 1 aliphatic carbocycles. The molecule has 0 saturated heterocycles. The van der Waals surface area contributed by atoms with Gasteiger partial charge >= 0.3 is 0 Å². The van der Waals surface area contributed by atoms with Gasteiger partial charge in [0.05, 0.1) is 11.0 Å². The number of nitriles is 2. The van der Waals surface area contributed by atoms with Gasteiger partial charge in [-0.3, -0.25) is 0 Å². The molecule has 8 aromatic rings. The normalized spacial score (nSPS) is 12.6. The van der Waals surface area contributed by atoms with E-state index in [-0.39, 0.29) is 5.57 Å². The zero-order valence-corrected chi connectivity index (χ0v) is 26.3. The predicted octanol–water partition coefficient (Wildman–Crippen LogP) is 10.6.